The summed E-state index contributed by atoms with van der Waals surface area (Å²) in [6.07, 6.45) is 2.01. The lowest BCUT2D eigenvalue weighted by atomic mass is 10.1. The summed E-state index contributed by atoms with van der Waals surface area (Å²) >= 11 is 0. The second kappa shape index (κ2) is 12.2. The first-order chi connectivity index (χ1) is 15.6. The first-order valence-corrected chi connectivity index (χ1v) is 11.6. The molecular weight excluding hydrogens is 400 g/mol. The largest absolute Gasteiger partial charge is 0.376 e. The van der Waals surface area contributed by atoms with Gasteiger partial charge in [0.25, 0.3) is 5.91 Å². The lowest BCUT2D eigenvalue weighted by Crippen LogP contribution is -2.40. The normalized spacial score (nSPS) is 17.3. The highest BCUT2D eigenvalue weighted by molar-refractivity contribution is 5.94. The van der Waals surface area contributed by atoms with Crippen LogP contribution in [0.2, 0.25) is 0 Å². The van der Waals surface area contributed by atoms with Crippen molar-refractivity contribution in [2.24, 2.45) is 10.9 Å². The molecule has 0 spiro atoms. The molecular formula is C26H36N4O2. The van der Waals surface area contributed by atoms with Gasteiger partial charge in [-0.15, -0.1) is 0 Å². The van der Waals surface area contributed by atoms with Gasteiger partial charge in [-0.1, -0.05) is 49.4 Å². The van der Waals surface area contributed by atoms with Crippen molar-refractivity contribution in [2.75, 3.05) is 26.7 Å². The molecule has 1 fully saturated rings. The number of amides is 1. The summed E-state index contributed by atoms with van der Waals surface area (Å²) in [4.78, 5) is 19.2. The lowest BCUT2D eigenvalue weighted by Gasteiger charge is -2.22. The van der Waals surface area contributed by atoms with E-state index in [1.807, 2.05) is 56.4 Å². The minimum Gasteiger partial charge on any atom is -0.376 e. The maximum Gasteiger partial charge on any atom is 0.251 e. The zero-order valence-corrected chi connectivity index (χ0v) is 19.5. The lowest BCUT2D eigenvalue weighted by molar-refractivity contribution is 0.0906. The van der Waals surface area contributed by atoms with E-state index in [-0.39, 0.29) is 11.9 Å². The highest BCUT2D eigenvalue weighted by Crippen LogP contribution is 2.17. The third-order valence-electron chi connectivity index (χ3n) is 5.89. The molecule has 3 rings (SSSR count). The first kappa shape index (κ1) is 23.8. The van der Waals surface area contributed by atoms with Crippen LogP contribution in [0.3, 0.4) is 0 Å². The molecule has 0 saturated carbocycles. The summed E-state index contributed by atoms with van der Waals surface area (Å²) < 4.78 is 5.94. The molecule has 32 heavy (non-hydrogen) atoms. The maximum atomic E-state index is 12.4. The van der Waals surface area contributed by atoms with Crippen LogP contribution in [0.5, 0.6) is 0 Å². The van der Waals surface area contributed by atoms with E-state index in [1.54, 1.807) is 0 Å². The van der Waals surface area contributed by atoms with Gasteiger partial charge in [0.1, 0.15) is 0 Å². The van der Waals surface area contributed by atoms with Gasteiger partial charge >= 0.3 is 0 Å². The van der Waals surface area contributed by atoms with E-state index < -0.39 is 0 Å². The van der Waals surface area contributed by atoms with Gasteiger partial charge in [-0.05, 0) is 43.0 Å². The molecule has 1 saturated heterocycles. The minimum absolute atomic E-state index is 0.0246. The molecule has 6 nitrogen and oxygen atoms in total. The van der Waals surface area contributed by atoms with Gasteiger partial charge in [0.15, 0.2) is 5.96 Å². The number of nitrogens with zero attached hydrogens (tertiary/aromatic N) is 2. The molecule has 0 aromatic heterocycles. The van der Waals surface area contributed by atoms with Crippen molar-refractivity contribution in [3.63, 3.8) is 0 Å². The Balaban J connectivity index is 1.46. The molecule has 1 aliphatic heterocycles. The number of likely N-dealkylation sites (tertiary alicyclic amines) is 1. The van der Waals surface area contributed by atoms with Gasteiger partial charge in [0, 0.05) is 44.2 Å². The fourth-order valence-electron chi connectivity index (χ4n) is 3.82. The van der Waals surface area contributed by atoms with Crippen molar-refractivity contribution in [3.05, 3.63) is 71.3 Å². The fourth-order valence-corrected chi connectivity index (χ4v) is 3.82. The molecule has 2 aromatic rings. The molecule has 6 heteroatoms. The molecule has 1 amide bonds. The molecule has 2 atom stereocenters. The Morgan fingerprint density at radius 3 is 2.72 bits per heavy atom. The Bertz CT molecular complexity index is 884. The topological polar surface area (TPSA) is 66.0 Å². The van der Waals surface area contributed by atoms with E-state index in [1.165, 1.54) is 5.56 Å². The number of hydrogen-bond donors (Lipinski definition) is 2. The van der Waals surface area contributed by atoms with Crippen molar-refractivity contribution in [1.82, 2.24) is 15.5 Å². The smallest absolute Gasteiger partial charge is 0.251 e. The van der Waals surface area contributed by atoms with Gasteiger partial charge < -0.3 is 20.3 Å². The molecule has 0 bridgehead atoms. The molecule has 0 radical (unpaired) electrons. The van der Waals surface area contributed by atoms with Crippen LogP contribution in [0.25, 0.3) is 0 Å². The monoisotopic (exact) mass is 436 g/mol. The van der Waals surface area contributed by atoms with Crippen molar-refractivity contribution in [3.8, 4) is 0 Å². The van der Waals surface area contributed by atoms with E-state index in [0.29, 0.717) is 24.6 Å². The highest BCUT2D eigenvalue weighted by atomic mass is 16.5. The highest BCUT2D eigenvalue weighted by Gasteiger charge is 2.25. The number of benzene rings is 2. The molecule has 172 valence electrons. The van der Waals surface area contributed by atoms with Crippen molar-refractivity contribution < 1.29 is 9.53 Å². The summed E-state index contributed by atoms with van der Waals surface area (Å²) in [5, 5.41) is 6.47. The summed E-state index contributed by atoms with van der Waals surface area (Å²) in [7, 11) is 1.82. The van der Waals surface area contributed by atoms with E-state index >= 15 is 0 Å². The third kappa shape index (κ3) is 7.09. The van der Waals surface area contributed by atoms with Crippen LogP contribution in [-0.4, -0.2) is 49.6 Å². The number of hydrogen-bond acceptors (Lipinski definition) is 3. The number of carbonyl (C=O) groups is 1. The van der Waals surface area contributed by atoms with E-state index in [9.17, 15) is 4.79 Å². The van der Waals surface area contributed by atoms with Crippen molar-refractivity contribution in [1.29, 1.82) is 0 Å². The zero-order chi connectivity index (χ0) is 22.8. The van der Waals surface area contributed by atoms with Crippen LogP contribution in [0.4, 0.5) is 0 Å². The van der Waals surface area contributed by atoms with Crippen LogP contribution >= 0.6 is 0 Å². The molecule has 1 aliphatic rings. The van der Waals surface area contributed by atoms with Gasteiger partial charge in [0.05, 0.1) is 13.2 Å². The Morgan fingerprint density at radius 2 is 1.97 bits per heavy atom. The number of aliphatic imine (C=N–C) groups is 1. The zero-order valence-electron chi connectivity index (χ0n) is 19.5. The summed E-state index contributed by atoms with van der Waals surface area (Å²) in [6, 6.07) is 18.2. The summed E-state index contributed by atoms with van der Waals surface area (Å²) in [5.41, 5.74) is 2.96. The van der Waals surface area contributed by atoms with Gasteiger partial charge in [-0.2, -0.15) is 0 Å². The predicted octanol–water partition coefficient (Wildman–Crippen LogP) is 3.83. The molecule has 2 N–H and O–H groups in total. The van der Waals surface area contributed by atoms with Crippen LogP contribution < -0.4 is 10.6 Å². The quantitative estimate of drug-likeness (QED) is 0.463. The predicted molar refractivity (Wildman–Crippen MR) is 130 cm³/mol. The summed E-state index contributed by atoms with van der Waals surface area (Å²) in [5.74, 6) is 1.37. The van der Waals surface area contributed by atoms with Gasteiger partial charge in [-0.3, -0.25) is 9.79 Å². The molecule has 1 heterocycles. The second-order valence-electron chi connectivity index (χ2n) is 8.49. The Labute approximate surface area is 192 Å². The van der Waals surface area contributed by atoms with Crippen molar-refractivity contribution in [2.45, 2.75) is 45.9 Å². The van der Waals surface area contributed by atoms with Crippen LogP contribution in [0.1, 0.15) is 48.2 Å². The molecule has 0 aliphatic carbocycles. The standard InChI is InChI=1S/C26H36N4O2/c1-4-20(2)29-25(31)24-12-8-11-22(15-24)16-28-26(27-3)30-14-13-23(17-30)19-32-18-21-9-6-5-7-10-21/h5-12,15,20,23H,4,13-14,16-19H2,1-3H3,(H,27,28)(H,29,31). The number of rotatable bonds is 9. The Hall–Kier alpha value is -2.86. The van der Waals surface area contributed by atoms with Gasteiger partial charge in [0.2, 0.25) is 0 Å². The van der Waals surface area contributed by atoms with Crippen LogP contribution in [-0.2, 0) is 17.9 Å². The van der Waals surface area contributed by atoms with Crippen LogP contribution in [0, 0.1) is 5.92 Å². The summed E-state index contributed by atoms with van der Waals surface area (Å²) in [6.45, 7) is 8.03. The average Bonchev–Trinajstić information content (AvgIpc) is 3.29. The number of guanidine groups is 1. The SMILES string of the molecule is CCC(C)NC(=O)c1cccc(CNC(=NC)N2CCC(COCc3ccccc3)C2)c1. The van der Waals surface area contributed by atoms with E-state index in [2.05, 4.69) is 39.6 Å². The third-order valence-corrected chi connectivity index (χ3v) is 5.89. The average molecular weight is 437 g/mol. The van der Waals surface area contributed by atoms with Gasteiger partial charge in [-0.25, -0.2) is 0 Å². The number of carbonyl (C=O) groups excluding carboxylic acids is 1. The number of nitrogens with one attached hydrogen (secondary N) is 2. The Kier molecular flexibility index (Phi) is 9.11. The maximum absolute atomic E-state index is 12.4. The van der Waals surface area contributed by atoms with Crippen LogP contribution in [0.15, 0.2) is 59.6 Å². The minimum atomic E-state index is -0.0246. The van der Waals surface area contributed by atoms with Crippen molar-refractivity contribution >= 4 is 11.9 Å². The fraction of sp³-hybridized carbons (Fsp3) is 0.462. The van der Waals surface area contributed by atoms with E-state index in [4.69, 9.17) is 4.74 Å². The number of ether oxygens (including phenoxy) is 1. The first-order valence-electron chi connectivity index (χ1n) is 11.6. The molecule has 2 unspecified atom stereocenters. The molecule has 2 aromatic carbocycles. The second-order valence-corrected chi connectivity index (χ2v) is 8.49. The van der Waals surface area contributed by atoms with E-state index in [0.717, 1.165) is 44.1 Å². The Morgan fingerprint density at radius 1 is 1.19 bits per heavy atom.